The van der Waals surface area contributed by atoms with E-state index in [0.717, 1.165) is 29.1 Å². The summed E-state index contributed by atoms with van der Waals surface area (Å²) in [5, 5.41) is 10.2. The monoisotopic (exact) mass is 347 g/mol. The number of alkyl halides is 3. The first-order valence-electron chi connectivity index (χ1n) is 7.55. The van der Waals surface area contributed by atoms with Crippen molar-refractivity contribution in [2.75, 3.05) is 12.4 Å². The quantitative estimate of drug-likeness (QED) is 0.702. The van der Waals surface area contributed by atoms with Crippen molar-refractivity contribution in [1.82, 2.24) is 10.2 Å². The van der Waals surface area contributed by atoms with E-state index in [1.54, 1.807) is 13.3 Å². The highest BCUT2D eigenvalue weighted by Crippen LogP contribution is 2.31. The highest BCUT2D eigenvalue weighted by molar-refractivity contribution is 5.63. The fourth-order valence-electron chi connectivity index (χ4n) is 2.42. The van der Waals surface area contributed by atoms with Crippen LogP contribution in [0.3, 0.4) is 0 Å². The van der Waals surface area contributed by atoms with Gasteiger partial charge in [0.25, 0.3) is 0 Å². The second-order valence-corrected chi connectivity index (χ2v) is 5.42. The largest absolute Gasteiger partial charge is 0.497 e. The maximum atomic E-state index is 12.7. The number of nitrogens with one attached hydrogen (secondary N) is 2. The first-order valence-corrected chi connectivity index (χ1v) is 7.55. The fourth-order valence-corrected chi connectivity index (χ4v) is 2.42. The van der Waals surface area contributed by atoms with Gasteiger partial charge in [0.05, 0.1) is 18.4 Å². The fraction of sp³-hybridized carbons (Fsp3) is 0.167. The first-order chi connectivity index (χ1) is 12.0. The smallest absolute Gasteiger partial charge is 0.416 e. The van der Waals surface area contributed by atoms with Crippen molar-refractivity contribution in [2.24, 2.45) is 0 Å². The molecule has 0 fully saturated rings. The Balaban J connectivity index is 1.73. The Morgan fingerprint density at radius 3 is 2.32 bits per heavy atom. The van der Waals surface area contributed by atoms with E-state index in [1.807, 2.05) is 24.3 Å². The summed E-state index contributed by atoms with van der Waals surface area (Å²) >= 11 is 0. The molecule has 1 aromatic heterocycles. The van der Waals surface area contributed by atoms with Gasteiger partial charge in [-0.3, -0.25) is 5.10 Å². The van der Waals surface area contributed by atoms with Gasteiger partial charge in [-0.25, -0.2) is 0 Å². The van der Waals surface area contributed by atoms with Crippen LogP contribution >= 0.6 is 0 Å². The van der Waals surface area contributed by atoms with Crippen LogP contribution in [0.5, 0.6) is 5.75 Å². The Hall–Kier alpha value is -2.96. The van der Waals surface area contributed by atoms with Gasteiger partial charge in [-0.15, -0.1) is 0 Å². The third-order valence-electron chi connectivity index (χ3n) is 3.78. The Morgan fingerprint density at radius 2 is 1.72 bits per heavy atom. The molecule has 0 unspecified atom stereocenters. The van der Waals surface area contributed by atoms with Crippen molar-refractivity contribution >= 4 is 5.69 Å². The second-order valence-electron chi connectivity index (χ2n) is 5.42. The number of ether oxygens (including phenoxy) is 1. The standard InChI is InChI=1S/C18H16F3N3O/c1-25-16-8-6-15(7-9-16)22-10-13-11-23-24-17(13)12-2-4-14(5-3-12)18(19,20)21/h2-9,11,22H,10H2,1H3,(H,23,24). The minimum atomic E-state index is -4.34. The van der Waals surface area contributed by atoms with Gasteiger partial charge in [0, 0.05) is 29.6 Å². The van der Waals surface area contributed by atoms with Crippen molar-refractivity contribution in [3.63, 3.8) is 0 Å². The lowest BCUT2D eigenvalue weighted by Crippen LogP contribution is -2.04. The number of aromatic amines is 1. The molecule has 0 bridgehead atoms. The van der Waals surface area contributed by atoms with E-state index in [2.05, 4.69) is 15.5 Å². The summed E-state index contributed by atoms with van der Waals surface area (Å²) in [6, 6.07) is 12.4. The summed E-state index contributed by atoms with van der Waals surface area (Å²) in [5.41, 5.74) is 2.33. The zero-order chi connectivity index (χ0) is 17.9. The maximum absolute atomic E-state index is 12.7. The highest BCUT2D eigenvalue weighted by atomic mass is 19.4. The highest BCUT2D eigenvalue weighted by Gasteiger charge is 2.30. The summed E-state index contributed by atoms with van der Waals surface area (Å²) in [7, 11) is 1.60. The van der Waals surface area contributed by atoms with E-state index >= 15 is 0 Å². The van der Waals surface area contributed by atoms with Crippen LogP contribution in [0.2, 0.25) is 0 Å². The number of nitrogens with zero attached hydrogens (tertiary/aromatic N) is 1. The SMILES string of the molecule is COc1ccc(NCc2c[nH]nc2-c2ccc(C(F)(F)F)cc2)cc1. The van der Waals surface area contributed by atoms with E-state index < -0.39 is 11.7 Å². The summed E-state index contributed by atoms with van der Waals surface area (Å²) in [5.74, 6) is 0.763. The Labute approximate surface area is 142 Å². The van der Waals surface area contributed by atoms with Crippen molar-refractivity contribution in [1.29, 1.82) is 0 Å². The molecular formula is C18H16F3N3O. The molecule has 0 atom stereocenters. The molecular weight excluding hydrogens is 331 g/mol. The number of halogens is 3. The van der Waals surface area contributed by atoms with Gasteiger partial charge in [0.2, 0.25) is 0 Å². The summed E-state index contributed by atoms with van der Waals surface area (Å²) < 4.78 is 43.1. The number of aromatic nitrogens is 2. The molecule has 25 heavy (non-hydrogen) atoms. The van der Waals surface area contributed by atoms with Gasteiger partial charge in [0.1, 0.15) is 5.75 Å². The number of hydrogen-bond donors (Lipinski definition) is 2. The average molecular weight is 347 g/mol. The molecule has 0 saturated carbocycles. The molecule has 0 saturated heterocycles. The zero-order valence-corrected chi connectivity index (χ0v) is 13.4. The summed E-state index contributed by atoms with van der Waals surface area (Å²) in [6.07, 6.45) is -2.62. The van der Waals surface area contributed by atoms with Crippen LogP contribution in [0.4, 0.5) is 18.9 Å². The van der Waals surface area contributed by atoms with Crippen LogP contribution in [-0.2, 0) is 12.7 Å². The number of rotatable bonds is 5. The molecule has 0 spiro atoms. The van der Waals surface area contributed by atoms with Crippen LogP contribution in [0.1, 0.15) is 11.1 Å². The van der Waals surface area contributed by atoms with Crippen molar-refractivity contribution in [2.45, 2.75) is 12.7 Å². The lowest BCUT2D eigenvalue weighted by Gasteiger charge is -2.09. The molecule has 0 aliphatic rings. The molecule has 0 aliphatic heterocycles. The maximum Gasteiger partial charge on any atom is 0.416 e. The van der Waals surface area contributed by atoms with E-state index in [4.69, 9.17) is 4.74 Å². The topological polar surface area (TPSA) is 49.9 Å². The summed E-state index contributed by atoms with van der Waals surface area (Å²) in [6.45, 7) is 0.485. The zero-order valence-electron chi connectivity index (χ0n) is 13.4. The number of H-pyrrole nitrogens is 1. The number of anilines is 1. The molecule has 3 rings (SSSR count). The minimum absolute atomic E-state index is 0.485. The van der Waals surface area contributed by atoms with E-state index in [1.165, 1.54) is 12.1 Å². The van der Waals surface area contributed by atoms with Gasteiger partial charge in [-0.05, 0) is 36.4 Å². The van der Waals surface area contributed by atoms with E-state index in [9.17, 15) is 13.2 Å². The number of hydrogen-bond acceptors (Lipinski definition) is 3. The third-order valence-corrected chi connectivity index (χ3v) is 3.78. The van der Waals surface area contributed by atoms with Gasteiger partial charge in [-0.1, -0.05) is 12.1 Å². The first kappa shape index (κ1) is 16.9. The Kier molecular flexibility index (Phi) is 4.65. The predicted molar refractivity (Wildman–Crippen MR) is 89.3 cm³/mol. The number of methoxy groups -OCH3 is 1. The molecule has 0 radical (unpaired) electrons. The molecule has 2 aromatic carbocycles. The average Bonchev–Trinajstić information content (AvgIpc) is 3.08. The second kappa shape index (κ2) is 6.88. The van der Waals surface area contributed by atoms with Crippen LogP contribution in [0, 0.1) is 0 Å². The normalized spacial score (nSPS) is 11.4. The van der Waals surface area contributed by atoms with Crippen LogP contribution < -0.4 is 10.1 Å². The Morgan fingerprint density at radius 1 is 1.04 bits per heavy atom. The van der Waals surface area contributed by atoms with Gasteiger partial charge >= 0.3 is 6.18 Å². The van der Waals surface area contributed by atoms with Crippen LogP contribution in [0.15, 0.2) is 54.7 Å². The predicted octanol–water partition coefficient (Wildman–Crippen LogP) is 4.72. The van der Waals surface area contributed by atoms with Crippen molar-refractivity contribution in [3.05, 3.63) is 65.9 Å². The number of benzene rings is 2. The molecule has 2 N–H and O–H groups in total. The van der Waals surface area contributed by atoms with Gasteiger partial charge in [0.15, 0.2) is 0 Å². The third kappa shape index (κ3) is 3.93. The van der Waals surface area contributed by atoms with Gasteiger partial charge in [-0.2, -0.15) is 18.3 Å². The molecule has 3 aromatic rings. The summed E-state index contributed by atoms with van der Waals surface area (Å²) in [4.78, 5) is 0. The van der Waals surface area contributed by atoms with Crippen LogP contribution in [0.25, 0.3) is 11.3 Å². The van der Waals surface area contributed by atoms with E-state index in [-0.39, 0.29) is 0 Å². The lowest BCUT2D eigenvalue weighted by molar-refractivity contribution is -0.137. The van der Waals surface area contributed by atoms with Crippen molar-refractivity contribution in [3.8, 4) is 17.0 Å². The molecule has 7 heteroatoms. The lowest BCUT2D eigenvalue weighted by atomic mass is 10.1. The van der Waals surface area contributed by atoms with Gasteiger partial charge < -0.3 is 10.1 Å². The molecule has 1 heterocycles. The minimum Gasteiger partial charge on any atom is -0.497 e. The van der Waals surface area contributed by atoms with Crippen molar-refractivity contribution < 1.29 is 17.9 Å². The molecule has 0 aliphatic carbocycles. The van der Waals surface area contributed by atoms with Crippen LogP contribution in [-0.4, -0.2) is 17.3 Å². The molecule has 0 amide bonds. The van der Waals surface area contributed by atoms with E-state index in [0.29, 0.717) is 17.8 Å². The Bertz CT molecular complexity index is 824. The molecule has 130 valence electrons. The molecule has 4 nitrogen and oxygen atoms in total.